The van der Waals surface area contributed by atoms with Crippen LogP contribution in [0.2, 0.25) is 0 Å². The lowest BCUT2D eigenvalue weighted by atomic mass is 9.84. The second kappa shape index (κ2) is 5.64. The van der Waals surface area contributed by atoms with Gasteiger partial charge in [-0.2, -0.15) is 0 Å². The highest BCUT2D eigenvalue weighted by atomic mass is 16.5. The van der Waals surface area contributed by atoms with Gasteiger partial charge >= 0.3 is 0 Å². The molecule has 1 saturated heterocycles. The van der Waals surface area contributed by atoms with E-state index in [4.69, 9.17) is 9.47 Å². The second-order valence-electron chi connectivity index (χ2n) is 6.79. The Hall–Kier alpha value is -0.860. The molecular formula is C17H26O2. The van der Waals surface area contributed by atoms with E-state index in [0.29, 0.717) is 6.61 Å². The van der Waals surface area contributed by atoms with Crippen molar-refractivity contribution in [1.29, 1.82) is 0 Å². The van der Waals surface area contributed by atoms with Crippen LogP contribution in [0.15, 0.2) is 24.3 Å². The van der Waals surface area contributed by atoms with E-state index < -0.39 is 0 Å². The molecule has 1 fully saturated rings. The molecule has 0 N–H and O–H groups in total. The minimum Gasteiger partial charge on any atom is -0.380 e. The van der Waals surface area contributed by atoms with E-state index in [0.717, 1.165) is 26.2 Å². The molecule has 0 saturated carbocycles. The van der Waals surface area contributed by atoms with Crippen LogP contribution >= 0.6 is 0 Å². The van der Waals surface area contributed by atoms with Crippen LogP contribution in [0.4, 0.5) is 0 Å². The molecule has 1 aliphatic rings. The van der Waals surface area contributed by atoms with E-state index in [1.165, 1.54) is 11.1 Å². The van der Waals surface area contributed by atoms with Crippen molar-refractivity contribution in [2.24, 2.45) is 5.41 Å². The molecule has 0 spiro atoms. The molecule has 1 heterocycles. The topological polar surface area (TPSA) is 18.5 Å². The van der Waals surface area contributed by atoms with E-state index in [1.54, 1.807) is 0 Å². The highest BCUT2D eigenvalue weighted by Crippen LogP contribution is 2.31. The van der Waals surface area contributed by atoms with Gasteiger partial charge in [0, 0.05) is 5.41 Å². The van der Waals surface area contributed by atoms with Gasteiger partial charge in [-0.1, -0.05) is 52.0 Å². The summed E-state index contributed by atoms with van der Waals surface area (Å²) in [5.74, 6) is 0. The molecule has 2 rings (SSSR count). The standard InChI is InChI=1S/C17H26O2/c1-5-17(12-19-13-17)11-18-10-14-6-8-15(9-7-14)16(2,3)4/h6-9H,5,10-13H2,1-4H3. The summed E-state index contributed by atoms with van der Waals surface area (Å²) >= 11 is 0. The average Bonchev–Trinajstić information content (AvgIpc) is 2.32. The first-order valence-electron chi connectivity index (χ1n) is 7.20. The molecule has 0 amide bonds. The Morgan fingerprint density at radius 1 is 1.16 bits per heavy atom. The fourth-order valence-corrected chi connectivity index (χ4v) is 2.27. The summed E-state index contributed by atoms with van der Waals surface area (Å²) in [4.78, 5) is 0. The number of hydrogen-bond acceptors (Lipinski definition) is 2. The van der Waals surface area contributed by atoms with Crippen molar-refractivity contribution in [3.8, 4) is 0 Å². The van der Waals surface area contributed by atoms with Crippen LogP contribution in [0.1, 0.15) is 45.2 Å². The van der Waals surface area contributed by atoms with Gasteiger partial charge in [-0.3, -0.25) is 0 Å². The Kier molecular flexibility index (Phi) is 4.32. The van der Waals surface area contributed by atoms with E-state index in [1.807, 2.05) is 0 Å². The third-order valence-electron chi connectivity index (χ3n) is 4.06. The van der Waals surface area contributed by atoms with Gasteiger partial charge in [-0.15, -0.1) is 0 Å². The zero-order chi connectivity index (χ0) is 13.9. The molecule has 1 aliphatic heterocycles. The smallest absolute Gasteiger partial charge is 0.0717 e. The van der Waals surface area contributed by atoms with Crippen molar-refractivity contribution in [3.63, 3.8) is 0 Å². The predicted octanol–water partition coefficient (Wildman–Crippen LogP) is 3.93. The van der Waals surface area contributed by atoms with Crippen molar-refractivity contribution in [1.82, 2.24) is 0 Å². The van der Waals surface area contributed by atoms with Gasteiger partial charge in [0.05, 0.1) is 26.4 Å². The first-order valence-corrected chi connectivity index (χ1v) is 7.20. The number of ether oxygens (including phenoxy) is 2. The fraction of sp³-hybridized carbons (Fsp3) is 0.647. The van der Waals surface area contributed by atoms with Gasteiger partial charge in [0.15, 0.2) is 0 Å². The van der Waals surface area contributed by atoms with Crippen LogP contribution in [-0.2, 0) is 21.5 Å². The van der Waals surface area contributed by atoms with Gasteiger partial charge in [-0.25, -0.2) is 0 Å². The Labute approximate surface area is 117 Å². The molecule has 0 aliphatic carbocycles. The molecule has 106 valence electrons. The Morgan fingerprint density at radius 2 is 1.79 bits per heavy atom. The van der Waals surface area contributed by atoms with Gasteiger partial charge < -0.3 is 9.47 Å². The van der Waals surface area contributed by atoms with Gasteiger partial charge in [0.2, 0.25) is 0 Å². The van der Waals surface area contributed by atoms with Crippen LogP contribution in [-0.4, -0.2) is 19.8 Å². The first kappa shape index (κ1) is 14.5. The maximum absolute atomic E-state index is 5.86. The summed E-state index contributed by atoms with van der Waals surface area (Å²) in [5, 5.41) is 0. The van der Waals surface area contributed by atoms with Gasteiger partial charge in [0.1, 0.15) is 0 Å². The summed E-state index contributed by atoms with van der Waals surface area (Å²) in [7, 11) is 0. The molecule has 0 bridgehead atoms. The summed E-state index contributed by atoms with van der Waals surface area (Å²) < 4.78 is 11.2. The maximum atomic E-state index is 5.86. The predicted molar refractivity (Wildman–Crippen MR) is 78.3 cm³/mol. The van der Waals surface area contributed by atoms with Crippen LogP contribution < -0.4 is 0 Å². The highest BCUT2D eigenvalue weighted by molar-refractivity contribution is 5.27. The molecule has 2 heteroatoms. The lowest BCUT2D eigenvalue weighted by Gasteiger charge is -2.40. The molecular weight excluding hydrogens is 236 g/mol. The number of rotatable bonds is 5. The average molecular weight is 262 g/mol. The zero-order valence-electron chi connectivity index (χ0n) is 12.7. The van der Waals surface area contributed by atoms with Crippen molar-refractivity contribution in [2.75, 3.05) is 19.8 Å². The van der Waals surface area contributed by atoms with Crippen LogP contribution in [0.3, 0.4) is 0 Å². The Morgan fingerprint density at radius 3 is 2.21 bits per heavy atom. The number of benzene rings is 1. The molecule has 0 radical (unpaired) electrons. The summed E-state index contributed by atoms with van der Waals surface area (Å²) in [6, 6.07) is 8.77. The van der Waals surface area contributed by atoms with E-state index in [-0.39, 0.29) is 10.8 Å². The maximum Gasteiger partial charge on any atom is 0.0717 e. The molecule has 0 atom stereocenters. The van der Waals surface area contributed by atoms with Crippen molar-refractivity contribution in [3.05, 3.63) is 35.4 Å². The lowest BCUT2D eigenvalue weighted by molar-refractivity contribution is -0.152. The fourth-order valence-electron chi connectivity index (χ4n) is 2.27. The molecule has 0 unspecified atom stereocenters. The minimum atomic E-state index is 0.217. The summed E-state index contributed by atoms with van der Waals surface area (Å²) in [6.45, 7) is 12.1. The van der Waals surface area contributed by atoms with Crippen molar-refractivity contribution in [2.45, 2.75) is 46.1 Å². The highest BCUT2D eigenvalue weighted by Gasteiger charge is 2.36. The number of hydrogen-bond donors (Lipinski definition) is 0. The molecule has 0 aromatic heterocycles. The first-order chi connectivity index (χ1) is 8.95. The summed E-state index contributed by atoms with van der Waals surface area (Å²) in [6.07, 6.45) is 1.13. The summed E-state index contributed by atoms with van der Waals surface area (Å²) in [5.41, 5.74) is 3.12. The third kappa shape index (κ3) is 3.58. The normalized spacial score (nSPS) is 18.1. The zero-order valence-corrected chi connectivity index (χ0v) is 12.7. The molecule has 1 aromatic carbocycles. The lowest BCUT2D eigenvalue weighted by Crippen LogP contribution is -2.45. The molecule has 19 heavy (non-hydrogen) atoms. The Bertz CT molecular complexity index is 391. The quantitative estimate of drug-likeness (QED) is 0.800. The van der Waals surface area contributed by atoms with Gasteiger partial charge in [0.25, 0.3) is 0 Å². The van der Waals surface area contributed by atoms with Crippen molar-refractivity contribution < 1.29 is 9.47 Å². The van der Waals surface area contributed by atoms with E-state index in [9.17, 15) is 0 Å². The SMILES string of the molecule is CCC1(COCc2ccc(C(C)(C)C)cc2)COC1. The van der Waals surface area contributed by atoms with Gasteiger partial charge in [-0.05, 0) is 23.0 Å². The van der Waals surface area contributed by atoms with Crippen LogP contribution in [0.5, 0.6) is 0 Å². The van der Waals surface area contributed by atoms with Crippen LogP contribution in [0, 0.1) is 5.41 Å². The largest absolute Gasteiger partial charge is 0.380 e. The molecule has 1 aromatic rings. The van der Waals surface area contributed by atoms with E-state index in [2.05, 4.69) is 52.0 Å². The van der Waals surface area contributed by atoms with Crippen molar-refractivity contribution >= 4 is 0 Å². The van der Waals surface area contributed by atoms with Crippen LogP contribution in [0.25, 0.3) is 0 Å². The third-order valence-corrected chi connectivity index (χ3v) is 4.06. The Balaban J connectivity index is 1.83. The van der Waals surface area contributed by atoms with E-state index >= 15 is 0 Å². The second-order valence-corrected chi connectivity index (χ2v) is 6.79. The monoisotopic (exact) mass is 262 g/mol. The molecule has 2 nitrogen and oxygen atoms in total. The minimum absolute atomic E-state index is 0.217.